The maximum atomic E-state index is 13.1. The first-order chi connectivity index (χ1) is 9.54. The number of hydrogen-bond donors (Lipinski definition) is 2. The molecule has 0 aliphatic carbocycles. The fourth-order valence-electron chi connectivity index (χ4n) is 1.68. The van der Waals surface area contributed by atoms with Crippen LogP contribution in [0.4, 0.5) is 14.9 Å². The summed E-state index contributed by atoms with van der Waals surface area (Å²) in [5.74, 6) is -0.294. The van der Waals surface area contributed by atoms with Gasteiger partial charge in [-0.3, -0.25) is 0 Å². The molecule has 2 aromatic carbocycles. The van der Waals surface area contributed by atoms with E-state index in [1.54, 1.807) is 25.1 Å². The monoisotopic (exact) mass is 292 g/mol. The Balaban J connectivity index is 1.89. The Morgan fingerprint density at radius 3 is 2.55 bits per heavy atom. The lowest BCUT2D eigenvalue weighted by atomic mass is 10.2. The normalized spacial score (nSPS) is 10.2. The molecule has 0 saturated heterocycles. The van der Waals surface area contributed by atoms with Gasteiger partial charge in [-0.15, -0.1) is 0 Å². The minimum absolute atomic E-state index is 0.294. The molecule has 20 heavy (non-hydrogen) atoms. The maximum absolute atomic E-state index is 13.1. The number of carbonyl (C=O) groups is 1. The average molecular weight is 293 g/mol. The summed E-state index contributed by atoms with van der Waals surface area (Å²) in [6.07, 6.45) is 0. The van der Waals surface area contributed by atoms with Crippen molar-refractivity contribution in [1.82, 2.24) is 5.32 Å². The first kappa shape index (κ1) is 14.3. The zero-order valence-corrected chi connectivity index (χ0v) is 11.7. The Kier molecular flexibility index (Phi) is 4.58. The van der Waals surface area contributed by atoms with Crippen LogP contribution in [0.5, 0.6) is 0 Å². The molecule has 2 amide bonds. The summed E-state index contributed by atoms with van der Waals surface area (Å²) in [4.78, 5) is 11.7. The van der Waals surface area contributed by atoms with Gasteiger partial charge in [-0.25, -0.2) is 9.18 Å². The van der Waals surface area contributed by atoms with Gasteiger partial charge < -0.3 is 10.6 Å². The summed E-state index contributed by atoms with van der Waals surface area (Å²) in [6, 6.07) is 11.3. The van der Waals surface area contributed by atoms with Crippen molar-refractivity contribution in [2.75, 3.05) is 5.32 Å². The van der Waals surface area contributed by atoms with Gasteiger partial charge >= 0.3 is 6.03 Å². The van der Waals surface area contributed by atoms with Gasteiger partial charge in [-0.2, -0.15) is 0 Å². The molecule has 0 heterocycles. The summed E-state index contributed by atoms with van der Waals surface area (Å²) < 4.78 is 13.1. The number of nitrogens with one attached hydrogen (secondary N) is 2. The fourth-order valence-corrected chi connectivity index (χ4v) is 1.81. The molecule has 0 bridgehead atoms. The van der Waals surface area contributed by atoms with E-state index in [4.69, 9.17) is 11.6 Å². The molecule has 0 unspecified atom stereocenters. The highest BCUT2D eigenvalue weighted by Crippen LogP contribution is 2.13. The van der Waals surface area contributed by atoms with Crippen molar-refractivity contribution in [2.24, 2.45) is 0 Å². The van der Waals surface area contributed by atoms with Crippen molar-refractivity contribution >= 4 is 23.3 Å². The molecular weight excluding hydrogens is 279 g/mol. The van der Waals surface area contributed by atoms with E-state index in [0.717, 1.165) is 5.56 Å². The topological polar surface area (TPSA) is 41.1 Å². The minimum atomic E-state index is -0.342. The molecule has 0 aromatic heterocycles. The number of aryl methyl sites for hydroxylation is 1. The van der Waals surface area contributed by atoms with Gasteiger partial charge in [-0.1, -0.05) is 23.7 Å². The van der Waals surface area contributed by atoms with Gasteiger partial charge in [0, 0.05) is 17.3 Å². The molecule has 5 heteroatoms. The molecule has 0 aliphatic rings. The van der Waals surface area contributed by atoms with E-state index in [1.165, 1.54) is 12.1 Å². The number of rotatable bonds is 3. The van der Waals surface area contributed by atoms with Crippen LogP contribution in [-0.4, -0.2) is 6.03 Å². The summed E-state index contributed by atoms with van der Waals surface area (Å²) in [7, 11) is 0. The number of hydrogen-bond acceptors (Lipinski definition) is 1. The van der Waals surface area contributed by atoms with Gasteiger partial charge in [0.15, 0.2) is 0 Å². The van der Waals surface area contributed by atoms with E-state index >= 15 is 0 Å². The van der Waals surface area contributed by atoms with Gasteiger partial charge in [-0.05, 0) is 48.4 Å². The van der Waals surface area contributed by atoms with E-state index in [-0.39, 0.29) is 11.8 Å². The van der Waals surface area contributed by atoms with Gasteiger partial charge in [0.25, 0.3) is 0 Å². The van der Waals surface area contributed by atoms with Crippen LogP contribution in [0.25, 0.3) is 0 Å². The molecule has 2 aromatic rings. The fraction of sp³-hybridized carbons (Fsp3) is 0.133. The van der Waals surface area contributed by atoms with Gasteiger partial charge in [0.1, 0.15) is 5.82 Å². The molecule has 0 radical (unpaired) electrons. The van der Waals surface area contributed by atoms with E-state index in [0.29, 0.717) is 22.8 Å². The summed E-state index contributed by atoms with van der Waals surface area (Å²) >= 11 is 5.78. The van der Waals surface area contributed by atoms with Crippen LogP contribution in [0.15, 0.2) is 42.5 Å². The predicted octanol–water partition coefficient (Wildman–Crippen LogP) is 4.11. The van der Waals surface area contributed by atoms with Crippen molar-refractivity contribution in [3.05, 3.63) is 64.4 Å². The van der Waals surface area contributed by atoms with E-state index in [9.17, 15) is 9.18 Å². The van der Waals surface area contributed by atoms with E-state index in [2.05, 4.69) is 10.6 Å². The van der Waals surface area contributed by atoms with Gasteiger partial charge in [0.05, 0.1) is 0 Å². The highest BCUT2D eigenvalue weighted by atomic mass is 35.5. The lowest BCUT2D eigenvalue weighted by Gasteiger charge is -2.08. The molecule has 0 fully saturated rings. The largest absolute Gasteiger partial charge is 0.334 e. The number of amides is 2. The van der Waals surface area contributed by atoms with Crippen LogP contribution in [0.3, 0.4) is 0 Å². The Bertz CT molecular complexity index is 614. The van der Waals surface area contributed by atoms with Crippen LogP contribution >= 0.6 is 11.6 Å². The van der Waals surface area contributed by atoms with E-state index < -0.39 is 0 Å². The third-order valence-electron chi connectivity index (χ3n) is 2.78. The summed E-state index contributed by atoms with van der Waals surface area (Å²) in [5, 5.41) is 6.02. The van der Waals surface area contributed by atoms with Crippen molar-refractivity contribution in [2.45, 2.75) is 13.5 Å². The number of anilines is 1. The third kappa shape index (κ3) is 3.96. The number of urea groups is 1. The van der Waals surface area contributed by atoms with Crippen LogP contribution in [0, 0.1) is 12.7 Å². The lowest BCUT2D eigenvalue weighted by molar-refractivity contribution is 0.251. The Hall–Kier alpha value is -2.07. The van der Waals surface area contributed by atoms with Crippen LogP contribution in [0.1, 0.15) is 11.1 Å². The van der Waals surface area contributed by atoms with Crippen molar-refractivity contribution in [3.8, 4) is 0 Å². The van der Waals surface area contributed by atoms with Crippen LogP contribution in [0.2, 0.25) is 5.02 Å². The Morgan fingerprint density at radius 2 is 1.90 bits per heavy atom. The second kappa shape index (κ2) is 6.39. The third-order valence-corrected chi connectivity index (χ3v) is 3.03. The van der Waals surface area contributed by atoms with Crippen LogP contribution in [-0.2, 0) is 6.54 Å². The molecule has 0 spiro atoms. The lowest BCUT2D eigenvalue weighted by Crippen LogP contribution is -2.28. The zero-order chi connectivity index (χ0) is 14.5. The number of carbonyl (C=O) groups excluding carboxylic acids is 1. The molecule has 0 saturated carbocycles. The second-order valence-electron chi connectivity index (χ2n) is 4.40. The smallest absolute Gasteiger partial charge is 0.319 e. The minimum Gasteiger partial charge on any atom is -0.334 e. The quantitative estimate of drug-likeness (QED) is 0.878. The van der Waals surface area contributed by atoms with Gasteiger partial charge in [0.2, 0.25) is 0 Å². The average Bonchev–Trinajstić information content (AvgIpc) is 2.42. The Morgan fingerprint density at radius 1 is 1.20 bits per heavy atom. The molecule has 2 N–H and O–H groups in total. The molecule has 0 aliphatic heterocycles. The zero-order valence-electron chi connectivity index (χ0n) is 10.9. The summed E-state index contributed by atoms with van der Waals surface area (Å²) in [5.41, 5.74) is 1.98. The highest BCUT2D eigenvalue weighted by Gasteiger charge is 2.04. The van der Waals surface area contributed by atoms with E-state index in [1.807, 2.05) is 12.1 Å². The molecule has 3 nitrogen and oxygen atoms in total. The SMILES string of the molecule is Cc1cc(NC(=O)NCc2ccc(Cl)cc2)ccc1F. The standard InChI is InChI=1S/C15H14ClFN2O/c1-10-8-13(6-7-14(10)17)19-15(20)18-9-11-2-4-12(16)5-3-11/h2-8H,9H2,1H3,(H2,18,19,20). The maximum Gasteiger partial charge on any atom is 0.319 e. The highest BCUT2D eigenvalue weighted by molar-refractivity contribution is 6.30. The first-order valence-electron chi connectivity index (χ1n) is 6.10. The number of benzene rings is 2. The predicted molar refractivity (Wildman–Crippen MR) is 78.4 cm³/mol. The summed E-state index contributed by atoms with van der Waals surface area (Å²) in [6.45, 7) is 2.04. The van der Waals surface area contributed by atoms with Crippen molar-refractivity contribution < 1.29 is 9.18 Å². The van der Waals surface area contributed by atoms with Crippen LogP contribution < -0.4 is 10.6 Å². The molecule has 104 valence electrons. The molecule has 0 atom stereocenters. The number of halogens is 2. The molecular formula is C15H14ClFN2O. The second-order valence-corrected chi connectivity index (χ2v) is 4.83. The first-order valence-corrected chi connectivity index (χ1v) is 6.48. The van der Waals surface area contributed by atoms with Crippen molar-refractivity contribution in [1.29, 1.82) is 0 Å². The van der Waals surface area contributed by atoms with Crippen molar-refractivity contribution in [3.63, 3.8) is 0 Å². The Labute approximate surface area is 121 Å². The molecule has 2 rings (SSSR count).